The molecule has 1 heterocycles. The lowest BCUT2D eigenvalue weighted by Crippen LogP contribution is -2.33. The summed E-state index contributed by atoms with van der Waals surface area (Å²) >= 11 is 0. The maximum atomic E-state index is 5.84. The number of hydrogen-bond donors (Lipinski definition) is 3. The van der Waals surface area contributed by atoms with Gasteiger partial charge in [-0.2, -0.15) is 0 Å². The van der Waals surface area contributed by atoms with Gasteiger partial charge in [-0.1, -0.05) is 38.3 Å². The van der Waals surface area contributed by atoms with E-state index >= 15 is 0 Å². The molecule has 4 N–H and O–H groups in total. The Morgan fingerprint density at radius 2 is 2.09 bits per heavy atom. The third-order valence-corrected chi connectivity index (χ3v) is 3.40. The number of fused-ring (bicyclic) bond motifs is 1. The van der Waals surface area contributed by atoms with E-state index < -0.39 is 0 Å². The van der Waals surface area contributed by atoms with Crippen LogP contribution < -0.4 is 11.1 Å². The van der Waals surface area contributed by atoms with Crippen molar-refractivity contribution in [1.82, 2.24) is 15.3 Å². The Balaban J connectivity index is 0.00000242. The van der Waals surface area contributed by atoms with Gasteiger partial charge in [0.2, 0.25) is 0 Å². The molecule has 0 aliphatic heterocycles. The van der Waals surface area contributed by atoms with E-state index in [1.165, 1.54) is 19.3 Å². The lowest BCUT2D eigenvalue weighted by Gasteiger charge is -2.04. The van der Waals surface area contributed by atoms with Gasteiger partial charge >= 0.3 is 0 Å². The zero-order chi connectivity index (χ0) is 14.9. The molecule has 2 rings (SSSR count). The lowest BCUT2D eigenvalue weighted by atomic mass is 10.2. The Morgan fingerprint density at radius 3 is 2.86 bits per heavy atom. The number of benzene rings is 1. The summed E-state index contributed by atoms with van der Waals surface area (Å²) in [6.45, 7) is 3.75. The van der Waals surface area contributed by atoms with E-state index in [2.05, 4.69) is 27.2 Å². The predicted molar refractivity (Wildman–Crippen MR) is 104 cm³/mol. The smallest absolute Gasteiger partial charge is 0.188 e. The third-order valence-electron chi connectivity index (χ3n) is 3.40. The highest BCUT2D eigenvalue weighted by molar-refractivity contribution is 14.0. The molecule has 0 bridgehead atoms. The molecule has 22 heavy (non-hydrogen) atoms. The number of aromatic amines is 1. The summed E-state index contributed by atoms with van der Waals surface area (Å²) < 4.78 is 0. The van der Waals surface area contributed by atoms with Crippen LogP contribution >= 0.6 is 24.0 Å². The molecular formula is C16H26IN5. The van der Waals surface area contributed by atoms with Crippen molar-refractivity contribution in [2.24, 2.45) is 10.7 Å². The highest BCUT2D eigenvalue weighted by Gasteiger charge is 2.01. The molecular weight excluding hydrogens is 389 g/mol. The Kier molecular flexibility index (Phi) is 8.88. The Hall–Kier alpha value is -1.31. The molecule has 0 atom stereocenters. The lowest BCUT2D eigenvalue weighted by molar-refractivity contribution is 0.673. The van der Waals surface area contributed by atoms with Crippen molar-refractivity contribution >= 4 is 41.0 Å². The van der Waals surface area contributed by atoms with Crippen LogP contribution in [0, 0.1) is 0 Å². The van der Waals surface area contributed by atoms with Crippen LogP contribution in [0.3, 0.4) is 0 Å². The second-order valence-electron chi connectivity index (χ2n) is 5.21. The van der Waals surface area contributed by atoms with Crippen molar-refractivity contribution in [2.45, 2.75) is 39.0 Å². The largest absolute Gasteiger partial charge is 0.370 e. The average molecular weight is 415 g/mol. The molecule has 0 radical (unpaired) electrons. The zero-order valence-corrected chi connectivity index (χ0v) is 15.5. The van der Waals surface area contributed by atoms with Crippen LogP contribution in [0.5, 0.6) is 0 Å². The van der Waals surface area contributed by atoms with Crippen LogP contribution in [0.15, 0.2) is 29.3 Å². The van der Waals surface area contributed by atoms with Crippen LogP contribution in [0.4, 0.5) is 0 Å². The third kappa shape index (κ3) is 6.21. The van der Waals surface area contributed by atoms with E-state index in [0.717, 1.165) is 42.8 Å². The number of hydrogen-bond acceptors (Lipinski definition) is 2. The van der Waals surface area contributed by atoms with E-state index in [1.54, 1.807) is 0 Å². The first-order valence-corrected chi connectivity index (χ1v) is 7.77. The van der Waals surface area contributed by atoms with Gasteiger partial charge in [-0.25, -0.2) is 4.98 Å². The number of halogens is 1. The minimum Gasteiger partial charge on any atom is -0.370 e. The number of guanidine groups is 1. The minimum atomic E-state index is 0. The van der Waals surface area contributed by atoms with Crippen molar-refractivity contribution < 1.29 is 0 Å². The maximum absolute atomic E-state index is 5.84. The molecule has 0 saturated heterocycles. The summed E-state index contributed by atoms with van der Waals surface area (Å²) in [5, 5.41) is 3.13. The van der Waals surface area contributed by atoms with Crippen LogP contribution in [0.1, 0.15) is 38.4 Å². The summed E-state index contributed by atoms with van der Waals surface area (Å²) in [5.74, 6) is 1.50. The highest BCUT2D eigenvalue weighted by Crippen LogP contribution is 2.10. The van der Waals surface area contributed by atoms with Gasteiger partial charge in [-0.05, 0) is 18.6 Å². The van der Waals surface area contributed by atoms with Gasteiger partial charge in [0.15, 0.2) is 5.96 Å². The van der Waals surface area contributed by atoms with Gasteiger partial charge in [0.05, 0.1) is 11.0 Å². The number of rotatable bonds is 8. The molecule has 6 heteroatoms. The number of aromatic nitrogens is 2. The van der Waals surface area contributed by atoms with Gasteiger partial charge in [-0.15, -0.1) is 24.0 Å². The van der Waals surface area contributed by atoms with Crippen LogP contribution in [0.25, 0.3) is 11.0 Å². The van der Waals surface area contributed by atoms with E-state index in [-0.39, 0.29) is 24.0 Å². The van der Waals surface area contributed by atoms with E-state index in [4.69, 9.17) is 5.73 Å². The summed E-state index contributed by atoms with van der Waals surface area (Å²) in [6.07, 6.45) is 5.66. The number of imidazole rings is 1. The minimum absolute atomic E-state index is 0. The molecule has 2 aromatic rings. The standard InChI is InChI=1S/C16H25N5.HI/c1-2-3-4-7-11-18-16(17)19-12-10-15-20-13-8-5-6-9-14(13)21-15;/h5-6,8-9H,2-4,7,10-12H2,1H3,(H,20,21)(H3,17,18,19);1H. The molecule has 0 unspecified atom stereocenters. The number of H-pyrrole nitrogens is 1. The fraction of sp³-hybridized carbons (Fsp3) is 0.500. The molecule has 0 fully saturated rings. The van der Waals surface area contributed by atoms with Gasteiger partial charge < -0.3 is 16.0 Å². The van der Waals surface area contributed by atoms with E-state index in [0.29, 0.717) is 5.96 Å². The summed E-state index contributed by atoms with van der Waals surface area (Å²) in [5.41, 5.74) is 7.91. The first kappa shape index (κ1) is 18.7. The van der Waals surface area contributed by atoms with Gasteiger partial charge in [-0.3, -0.25) is 4.99 Å². The molecule has 0 saturated carbocycles. The van der Waals surface area contributed by atoms with Gasteiger partial charge in [0, 0.05) is 19.5 Å². The Bertz CT molecular complexity index is 546. The highest BCUT2D eigenvalue weighted by atomic mass is 127. The van der Waals surface area contributed by atoms with Crippen molar-refractivity contribution in [2.75, 3.05) is 13.1 Å². The van der Waals surface area contributed by atoms with Gasteiger partial charge in [0.25, 0.3) is 0 Å². The van der Waals surface area contributed by atoms with E-state index in [1.807, 2.05) is 24.3 Å². The molecule has 122 valence electrons. The zero-order valence-electron chi connectivity index (χ0n) is 13.1. The van der Waals surface area contributed by atoms with Crippen molar-refractivity contribution in [3.8, 4) is 0 Å². The van der Waals surface area contributed by atoms with Crippen molar-refractivity contribution in [3.05, 3.63) is 30.1 Å². The van der Waals surface area contributed by atoms with Gasteiger partial charge in [0.1, 0.15) is 5.82 Å². The second kappa shape index (κ2) is 10.4. The Morgan fingerprint density at radius 1 is 1.27 bits per heavy atom. The quantitative estimate of drug-likeness (QED) is 0.268. The molecule has 5 nitrogen and oxygen atoms in total. The number of nitrogens with zero attached hydrogens (tertiary/aromatic N) is 2. The first-order chi connectivity index (χ1) is 10.3. The number of nitrogens with two attached hydrogens (primary N) is 1. The fourth-order valence-electron chi connectivity index (χ4n) is 2.23. The van der Waals surface area contributed by atoms with Crippen LogP contribution in [-0.2, 0) is 6.42 Å². The summed E-state index contributed by atoms with van der Waals surface area (Å²) in [4.78, 5) is 12.2. The Labute approximate surface area is 149 Å². The van der Waals surface area contributed by atoms with Crippen LogP contribution in [-0.4, -0.2) is 29.0 Å². The average Bonchev–Trinajstić information content (AvgIpc) is 2.89. The van der Waals surface area contributed by atoms with Crippen molar-refractivity contribution in [3.63, 3.8) is 0 Å². The number of para-hydroxylation sites is 2. The van der Waals surface area contributed by atoms with E-state index in [9.17, 15) is 0 Å². The monoisotopic (exact) mass is 415 g/mol. The maximum Gasteiger partial charge on any atom is 0.188 e. The number of aliphatic imine (C=N–C) groups is 1. The normalized spacial score (nSPS) is 11.4. The molecule has 0 aliphatic carbocycles. The summed E-state index contributed by atoms with van der Waals surface area (Å²) in [7, 11) is 0. The molecule has 0 amide bonds. The fourth-order valence-corrected chi connectivity index (χ4v) is 2.23. The molecule has 0 spiro atoms. The van der Waals surface area contributed by atoms with Crippen molar-refractivity contribution in [1.29, 1.82) is 0 Å². The van der Waals surface area contributed by atoms with Crippen LogP contribution in [0.2, 0.25) is 0 Å². The molecule has 0 aliphatic rings. The molecule has 1 aromatic heterocycles. The second-order valence-corrected chi connectivity index (χ2v) is 5.21. The summed E-state index contributed by atoms with van der Waals surface area (Å²) in [6, 6.07) is 8.04. The number of unbranched alkanes of at least 4 members (excludes halogenated alkanes) is 3. The molecule has 1 aromatic carbocycles. The first-order valence-electron chi connectivity index (χ1n) is 7.77. The topological polar surface area (TPSA) is 79.1 Å². The SMILES string of the molecule is CCCCCCN=C(N)NCCc1nc2ccccc2[nH]1.I. The predicted octanol–water partition coefficient (Wildman–Crippen LogP) is 3.21. The number of nitrogens with one attached hydrogen (secondary N) is 2.